The lowest BCUT2D eigenvalue weighted by atomic mass is 10.1. The van der Waals surface area contributed by atoms with Crippen molar-refractivity contribution < 1.29 is 9.47 Å². The molecule has 0 aliphatic rings. The van der Waals surface area contributed by atoms with Crippen LogP contribution in [0.5, 0.6) is 5.75 Å². The quantitative estimate of drug-likeness (QED) is 0.240. The summed E-state index contributed by atoms with van der Waals surface area (Å²) in [6, 6.07) is 6.20. The summed E-state index contributed by atoms with van der Waals surface area (Å²) < 4.78 is 11.0. The number of guanidine groups is 1. The van der Waals surface area contributed by atoms with Crippen LogP contribution in [0.2, 0.25) is 0 Å². The van der Waals surface area contributed by atoms with Gasteiger partial charge in [-0.05, 0) is 43.4 Å². The molecule has 0 bridgehead atoms. The summed E-state index contributed by atoms with van der Waals surface area (Å²) in [5.41, 5.74) is 2.27. The first-order valence-electron chi connectivity index (χ1n) is 8.80. The average molecular weight is 463 g/mol. The lowest BCUT2D eigenvalue weighted by Gasteiger charge is -2.12. The van der Waals surface area contributed by atoms with Gasteiger partial charge in [0.15, 0.2) is 5.96 Å². The largest absolute Gasteiger partial charge is 0.496 e. The molecule has 0 heterocycles. The lowest BCUT2D eigenvalue weighted by molar-refractivity contribution is 0.108. The molecule has 0 fully saturated rings. The van der Waals surface area contributed by atoms with Gasteiger partial charge in [-0.25, -0.2) is 4.99 Å². The molecule has 0 aromatic heterocycles. The number of nitrogens with one attached hydrogen (secondary N) is 2. The van der Waals surface area contributed by atoms with Crippen LogP contribution in [0.15, 0.2) is 23.2 Å². The van der Waals surface area contributed by atoms with Crippen molar-refractivity contribution in [3.05, 3.63) is 29.3 Å². The Bertz CT molecular complexity index is 507. The van der Waals surface area contributed by atoms with Gasteiger partial charge in [-0.1, -0.05) is 26.0 Å². The van der Waals surface area contributed by atoms with Crippen molar-refractivity contribution in [2.75, 3.05) is 33.4 Å². The zero-order valence-corrected chi connectivity index (χ0v) is 18.6. The minimum absolute atomic E-state index is 0. The normalized spacial score (nSPS) is 11.2. The Morgan fingerprint density at radius 3 is 2.64 bits per heavy atom. The van der Waals surface area contributed by atoms with E-state index in [1.165, 1.54) is 0 Å². The zero-order chi connectivity index (χ0) is 17.8. The van der Waals surface area contributed by atoms with Crippen molar-refractivity contribution in [2.45, 2.75) is 40.7 Å². The van der Waals surface area contributed by atoms with E-state index in [0.717, 1.165) is 55.6 Å². The maximum absolute atomic E-state index is 5.59. The standard InChI is InChI=1S/C19H33N3O2.HI/c1-6-20-19(21-10-7-11-24-14-15(2)3)22-13-17-9-8-16(4)18(12-17)23-5;/h8-9,12,15H,6-7,10-11,13-14H2,1-5H3,(H2,20,21,22);1H. The van der Waals surface area contributed by atoms with Gasteiger partial charge < -0.3 is 20.1 Å². The number of halogens is 1. The van der Waals surface area contributed by atoms with Gasteiger partial charge in [-0.3, -0.25) is 0 Å². The van der Waals surface area contributed by atoms with Crippen LogP contribution in [0.25, 0.3) is 0 Å². The minimum Gasteiger partial charge on any atom is -0.496 e. The summed E-state index contributed by atoms with van der Waals surface area (Å²) in [6.45, 7) is 12.3. The third-order valence-corrected chi connectivity index (χ3v) is 3.45. The maximum atomic E-state index is 5.59. The van der Waals surface area contributed by atoms with Gasteiger partial charge in [0.2, 0.25) is 0 Å². The van der Waals surface area contributed by atoms with Gasteiger partial charge in [0.05, 0.1) is 13.7 Å². The van der Waals surface area contributed by atoms with Crippen molar-refractivity contribution in [3.8, 4) is 5.75 Å². The first kappa shape index (κ1) is 24.0. The first-order valence-corrected chi connectivity index (χ1v) is 8.80. The monoisotopic (exact) mass is 463 g/mol. The Kier molecular flexibility index (Phi) is 13.6. The third-order valence-electron chi connectivity index (χ3n) is 3.45. The van der Waals surface area contributed by atoms with Crippen LogP contribution >= 0.6 is 24.0 Å². The predicted molar refractivity (Wildman–Crippen MR) is 116 cm³/mol. The Morgan fingerprint density at radius 1 is 1.24 bits per heavy atom. The fourth-order valence-electron chi connectivity index (χ4n) is 2.17. The van der Waals surface area contributed by atoms with Crippen LogP contribution in [-0.4, -0.2) is 39.4 Å². The van der Waals surface area contributed by atoms with Crippen LogP contribution in [0.4, 0.5) is 0 Å². The Hall–Kier alpha value is -1.02. The zero-order valence-electron chi connectivity index (χ0n) is 16.2. The smallest absolute Gasteiger partial charge is 0.191 e. The summed E-state index contributed by atoms with van der Waals surface area (Å²) in [7, 11) is 1.70. The minimum atomic E-state index is 0. The van der Waals surface area contributed by atoms with Crippen LogP contribution in [0.3, 0.4) is 0 Å². The lowest BCUT2D eigenvalue weighted by Crippen LogP contribution is -2.38. The molecule has 1 rings (SSSR count). The van der Waals surface area contributed by atoms with Crippen molar-refractivity contribution >= 4 is 29.9 Å². The second-order valence-corrected chi connectivity index (χ2v) is 6.25. The molecular weight excluding hydrogens is 429 g/mol. The van der Waals surface area contributed by atoms with E-state index in [1.54, 1.807) is 7.11 Å². The number of rotatable bonds is 10. The highest BCUT2D eigenvalue weighted by Crippen LogP contribution is 2.19. The van der Waals surface area contributed by atoms with Crippen molar-refractivity contribution in [3.63, 3.8) is 0 Å². The van der Waals surface area contributed by atoms with Crippen molar-refractivity contribution in [1.29, 1.82) is 0 Å². The molecule has 1 aromatic carbocycles. The van der Waals surface area contributed by atoms with E-state index in [4.69, 9.17) is 9.47 Å². The molecule has 0 unspecified atom stereocenters. The second-order valence-electron chi connectivity index (χ2n) is 6.25. The molecule has 0 atom stereocenters. The van der Waals surface area contributed by atoms with E-state index in [-0.39, 0.29) is 24.0 Å². The van der Waals surface area contributed by atoms with Crippen molar-refractivity contribution in [1.82, 2.24) is 10.6 Å². The molecule has 0 saturated heterocycles. The van der Waals surface area contributed by atoms with Gasteiger partial charge in [0.1, 0.15) is 5.75 Å². The number of aliphatic imine (C=N–C) groups is 1. The molecule has 0 aliphatic heterocycles. The van der Waals surface area contributed by atoms with Gasteiger partial charge in [0, 0.05) is 26.3 Å². The maximum Gasteiger partial charge on any atom is 0.191 e. The molecule has 0 radical (unpaired) electrons. The van der Waals surface area contributed by atoms with E-state index in [2.05, 4.69) is 48.5 Å². The molecule has 1 aromatic rings. The van der Waals surface area contributed by atoms with Gasteiger partial charge >= 0.3 is 0 Å². The highest BCUT2D eigenvalue weighted by Gasteiger charge is 2.02. The molecule has 0 amide bonds. The van der Waals surface area contributed by atoms with Crippen LogP contribution in [-0.2, 0) is 11.3 Å². The highest BCUT2D eigenvalue weighted by atomic mass is 127. The fourth-order valence-corrected chi connectivity index (χ4v) is 2.17. The molecule has 2 N–H and O–H groups in total. The van der Waals surface area contributed by atoms with Crippen LogP contribution in [0.1, 0.15) is 38.3 Å². The average Bonchev–Trinajstić information content (AvgIpc) is 2.56. The fraction of sp³-hybridized carbons (Fsp3) is 0.632. The summed E-state index contributed by atoms with van der Waals surface area (Å²) in [6.07, 6.45) is 0.968. The number of methoxy groups -OCH3 is 1. The molecule has 0 spiro atoms. The van der Waals surface area contributed by atoms with E-state index in [9.17, 15) is 0 Å². The number of ether oxygens (including phenoxy) is 2. The van der Waals surface area contributed by atoms with Gasteiger partial charge in [-0.15, -0.1) is 24.0 Å². The number of aryl methyl sites for hydroxylation is 1. The highest BCUT2D eigenvalue weighted by molar-refractivity contribution is 14.0. The summed E-state index contributed by atoms with van der Waals surface area (Å²) in [5.74, 6) is 2.33. The number of hydrogen-bond donors (Lipinski definition) is 2. The van der Waals surface area contributed by atoms with Crippen molar-refractivity contribution in [2.24, 2.45) is 10.9 Å². The van der Waals surface area contributed by atoms with E-state index in [1.807, 2.05) is 13.0 Å². The Balaban J connectivity index is 0.00000576. The summed E-state index contributed by atoms with van der Waals surface area (Å²) in [4.78, 5) is 4.63. The Labute approximate surface area is 170 Å². The second kappa shape index (κ2) is 14.2. The molecular formula is C19H34IN3O2. The molecule has 0 aliphatic carbocycles. The summed E-state index contributed by atoms with van der Waals surface area (Å²) in [5, 5.41) is 6.62. The molecule has 25 heavy (non-hydrogen) atoms. The van der Waals surface area contributed by atoms with E-state index < -0.39 is 0 Å². The molecule has 144 valence electrons. The van der Waals surface area contributed by atoms with E-state index >= 15 is 0 Å². The molecule has 6 heteroatoms. The number of benzene rings is 1. The van der Waals surface area contributed by atoms with Gasteiger partial charge in [0.25, 0.3) is 0 Å². The third kappa shape index (κ3) is 10.5. The van der Waals surface area contributed by atoms with E-state index in [0.29, 0.717) is 12.5 Å². The SMILES string of the molecule is CCNC(=NCc1ccc(C)c(OC)c1)NCCCOCC(C)C.I. The molecule has 0 saturated carbocycles. The van der Waals surface area contributed by atoms with Gasteiger partial charge in [-0.2, -0.15) is 0 Å². The topological polar surface area (TPSA) is 54.9 Å². The molecule has 5 nitrogen and oxygen atoms in total. The van der Waals surface area contributed by atoms with Crippen LogP contribution in [0, 0.1) is 12.8 Å². The number of hydrogen-bond acceptors (Lipinski definition) is 3. The predicted octanol–water partition coefficient (Wildman–Crippen LogP) is 3.74. The summed E-state index contributed by atoms with van der Waals surface area (Å²) >= 11 is 0. The van der Waals surface area contributed by atoms with Crippen LogP contribution < -0.4 is 15.4 Å². The Morgan fingerprint density at radius 2 is 2.00 bits per heavy atom. The first-order chi connectivity index (χ1) is 11.6. The number of nitrogens with zero attached hydrogens (tertiary/aromatic N) is 1.